The van der Waals surface area contributed by atoms with Gasteiger partial charge in [-0.1, -0.05) is 64.0 Å². The van der Waals surface area contributed by atoms with Crippen LogP contribution in [-0.2, 0) is 20.9 Å². The Morgan fingerprint density at radius 2 is 1.33 bits per heavy atom. The molecule has 0 aromatic heterocycles. The van der Waals surface area contributed by atoms with Crippen molar-refractivity contribution < 1.29 is 23.7 Å². The van der Waals surface area contributed by atoms with Gasteiger partial charge < -0.3 is 18.9 Å². The summed E-state index contributed by atoms with van der Waals surface area (Å²) in [4.78, 5) is 11.2. The van der Waals surface area contributed by atoms with Gasteiger partial charge in [0.25, 0.3) is 0 Å². The number of rotatable bonds is 18. The summed E-state index contributed by atoms with van der Waals surface area (Å²) >= 11 is 0. The van der Waals surface area contributed by atoms with Gasteiger partial charge >= 0.3 is 5.97 Å². The lowest BCUT2D eigenvalue weighted by Gasteiger charge is -2.10. The lowest BCUT2D eigenvalue weighted by atomic mass is 10.1. The molecule has 1 aromatic rings. The van der Waals surface area contributed by atoms with E-state index >= 15 is 0 Å². The van der Waals surface area contributed by atoms with Gasteiger partial charge in [-0.2, -0.15) is 0 Å². The summed E-state index contributed by atoms with van der Waals surface area (Å²) in [6, 6.07) is 5.89. The summed E-state index contributed by atoms with van der Waals surface area (Å²) in [5.41, 5.74) is 1.57. The van der Waals surface area contributed by atoms with Gasteiger partial charge in [-0.05, 0) is 37.5 Å². The second-order valence-corrected chi connectivity index (χ2v) is 7.69. The molecule has 0 spiro atoms. The number of unbranched alkanes of at least 4 members (excludes halogenated alkanes) is 9. The van der Waals surface area contributed by atoms with E-state index in [0.717, 1.165) is 42.9 Å². The normalized spacial score (nSPS) is 10.6. The topological polar surface area (TPSA) is 54.0 Å². The standard InChI is InChI=1S/C25H40O5/c1-21(2)25(26)30-18-14-12-10-8-6-5-7-9-11-13-17-29-20-22-15-16-23(27-3)24(19-22)28-4/h15-16,19H,1,5-14,17-18,20H2,2-4H3. The van der Waals surface area contributed by atoms with Crippen LogP contribution in [0.1, 0.15) is 76.7 Å². The quantitative estimate of drug-likeness (QED) is 0.160. The Morgan fingerprint density at radius 3 is 1.87 bits per heavy atom. The van der Waals surface area contributed by atoms with Gasteiger partial charge in [-0.15, -0.1) is 0 Å². The molecule has 0 fully saturated rings. The van der Waals surface area contributed by atoms with E-state index in [1.165, 1.54) is 44.9 Å². The molecule has 1 rings (SSSR count). The number of carbonyl (C=O) groups excluding carboxylic acids is 1. The van der Waals surface area contributed by atoms with E-state index in [2.05, 4.69) is 6.58 Å². The van der Waals surface area contributed by atoms with Crippen LogP contribution in [0, 0.1) is 0 Å². The first-order chi connectivity index (χ1) is 14.6. The molecule has 0 aliphatic heterocycles. The highest BCUT2D eigenvalue weighted by atomic mass is 16.5. The summed E-state index contributed by atoms with van der Waals surface area (Å²) in [5, 5.41) is 0. The van der Waals surface area contributed by atoms with Gasteiger partial charge in [0.15, 0.2) is 11.5 Å². The minimum atomic E-state index is -0.277. The maximum atomic E-state index is 11.2. The summed E-state index contributed by atoms with van der Waals surface area (Å²) in [6.45, 7) is 7.16. The lowest BCUT2D eigenvalue weighted by molar-refractivity contribution is -0.139. The maximum Gasteiger partial charge on any atom is 0.333 e. The van der Waals surface area contributed by atoms with E-state index in [9.17, 15) is 4.79 Å². The SMILES string of the molecule is C=C(C)C(=O)OCCCCCCCCCCCCOCc1ccc(OC)c(OC)c1. The number of hydrogen-bond acceptors (Lipinski definition) is 5. The molecule has 5 nitrogen and oxygen atoms in total. The molecule has 0 bridgehead atoms. The molecule has 170 valence electrons. The van der Waals surface area contributed by atoms with Crippen LogP contribution in [0.4, 0.5) is 0 Å². The average molecular weight is 421 g/mol. The zero-order valence-electron chi connectivity index (χ0n) is 19.2. The largest absolute Gasteiger partial charge is 0.493 e. The predicted octanol–water partition coefficient (Wildman–Crippen LogP) is 6.24. The molecule has 0 saturated heterocycles. The first-order valence-corrected chi connectivity index (χ1v) is 11.2. The zero-order chi connectivity index (χ0) is 22.0. The Bertz CT molecular complexity index is 612. The fraction of sp³-hybridized carbons (Fsp3) is 0.640. The Balaban J connectivity index is 1.88. The van der Waals surface area contributed by atoms with Gasteiger partial charge in [0.05, 0.1) is 27.4 Å². The van der Waals surface area contributed by atoms with Crippen LogP contribution in [-0.4, -0.2) is 33.4 Å². The Hall–Kier alpha value is -2.01. The van der Waals surface area contributed by atoms with Crippen LogP contribution < -0.4 is 9.47 Å². The molecule has 0 aliphatic rings. The van der Waals surface area contributed by atoms with Gasteiger partial charge in [-0.3, -0.25) is 0 Å². The summed E-state index contributed by atoms with van der Waals surface area (Å²) in [7, 11) is 3.29. The fourth-order valence-electron chi connectivity index (χ4n) is 3.17. The third-order valence-corrected chi connectivity index (χ3v) is 4.98. The van der Waals surface area contributed by atoms with Gasteiger partial charge in [0.1, 0.15) is 0 Å². The summed E-state index contributed by atoms with van der Waals surface area (Å²) in [5.74, 6) is 1.21. The second kappa shape index (κ2) is 16.8. The van der Waals surface area contributed by atoms with Crippen molar-refractivity contribution in [3.05, 3.63) is 35.9 Å². The van der Waals surface area contributed by atoms with E-state index < -0.39 is 0 Å². The van der Waals surface area contributed by atoms with Crippen molar-refractivity contribution in [2.45, 2.75) is 77.7 Å². The van der Waals surface area contributed by atoms with Crippen molar-refractivity contribution in [1.29, 1.82) is 0 Å². The molecule has 5 heteroatoms. The molecular formula is C25H40O5. The number of methoxy groups -OCH3 is 2. The molecule has 0 radical (unpaired) electrons. The summed E-state index contributed by atoms with van der Waals surface area (Å²) < 4.78 is 21.4. The third-order valence-electron chi connectivity index (χ3n) is 4.98. The molecule has 0 heterocycles. The maximum absolute atomic E-state index is 11.2. The number of hydrogen-bond donors (Lipinski definition) is 0. The zero-order valence-corrected chi connectivity index (χ0v) is 19.2. The van der Waals surface area contributed by atoms with Crippen molar-refractivity contribution in [3.8, 4) is 11.5 Å². The second-order valence-electron chi connectivity index (χ2n) is 7.69. The predicted molar refractivity (Wildman–Crippen MR) is 121 cm³/mol. The highest BCUT2D eigenvalue weighted by Crippen LogP contribution is 2.27. The number of esters is 1. The molecule has 0 aliphatic carbocycles. The molecule has 0 N–H and O–H groups in total. The van der Waals surface area contributed by atoms with Gasteiger partial charge in [-0.25, -0.2) is 4.79 Å². The van der Waals surface area contributed by atoms with Crippen LogP contribution in [0.25, 0.3) is 0 Å². The van der Waals surface area contributed by atoms with E-state index in [-0.39, 0.29) is 5.97 Å². The van der Waals surface area contributed by atoms with Crippen LogP contribution in [0.15, 0.2) is 30.4 Å². The average Bonchev–Trinajstić information content (AvgIpc) is 2.75. The molecule has 0 amide bonds. The number of ether oxygens (including phenoxy) is 4. The summed E-state index contributed by atoms with van der Waals surface area (Å²) in [6.07, 6.45) is 12.1. The van der Waals surface area contributed by atoms with E-state index in [0.29, 0.717) is 18.8 Å². The van der Waals surface area contributed by atoms with Crippen LogP contribution in [0.3, 0.4) is 0 Å². The van der Waals surface area contributed by atoms with Gasteiger partial charge in [0.2, 0.25) is 0 Å². The molecule has 0 atom stereocenters. The van der Waals surface area contributed by atoms with Crippen LogP contribution in [0.5, 0.6) is 11.5 Å². The number of carbonyl (C=O) groups is 1. The third kappa shape index (κ3) is 11.9. The smallest absolute Gasteiger partial charge is 0.333 e. The Kier molecular flexibility index (Phi) is 14.5. The van der Waals surface area contributed by atoms with Crippen molar-refractivity contribution >= 4 is 5.97 Å². The number of benzene rings is 1. The highest BCUT2D eigenvalue weighted by Gasteiger charge is 2.04. The van der Waals surface area contributed by atoms with Crippen LogP contribution >= 0.6 is 0 Å². The van der Waals surface area contributed by atoms with E-state index in [4.69, 9.17) is 18.9 Å². The van der Waals surface area contributed by atoms with Crippen molar-refractivity contribution in [3.63, 3.8) is 0 Å². The molecule has 30 heavy (non-hydrogen) atoms. The van der Waals surface area contributed by atoms with Crippen LogP contribution in [0.2, 0.25) is 0 Å². The Labute approximate surface area is 182 Å². The molecular weight excluding hydrogens is 380 g/mol. The minimum Gasteiger partial charge on any atom is -0.493 e. The highest BCUT2D eigenvalue weighted by molar-refractivity contribution is 5.86. The molecule has 1 aromatic carbocycles. The Morgan fingerprint density at radius 1 is 0.800 bits per heavy atom. The molecule has 0 saturated carbocycles. The van der Waals surface area contributed by atoms with Crippen molar-refractivity contribution in [2.24, 2.45) is 0 Å². The fourth-order valence-corrected chi connectivity index (χ4v) is 3.17. The minimum absolute atomic E-state index is 0.277. The van der Waals surface area contributed by atoms with E-state index in [1.807, 2.05) is 18.2 Å². The molecule has 0 unspecified atom stereocenters. The van der Waals surface area contributed by atoms with Gasteiger partial charge in [0, 0.05) is 12.2 Å². The lowest BCUT2D eigenvalue weighted by Crippen LogP contribution is -2.05. The first kappa shape index (κ1) is 26.0. The van der Waals surface area contributed by atoms with Crippen molar-refractivity contribution in [1.82, 2.24) is 0 Å². The first-order valence-electron chi connectivity index (χ1n) is 11.2. The monoisotopic (exact) mass is 420 g/mol. The van der Waals surface area contributed by atoms with E-state index in [1.54, 1.807) is 21.1 Å². The van der Waals surface area contributed by atoms with Crippen molar-refractivity contribution in [2.75, 3.05) is 27.4 Å².